The summed E-state index contributed by atoms with van der Waals surface area (Å²) in [4.78, 5) is 24.6. The minimum atomic E-state index is -0.423. The molecule has 20 heavy (non-hydrogen) atoms. The largest absolute Gasteiger partial charge is 0.469 e. The summed E-state index contributed by atoms with van der Waals surface area (Å²) in [6.07, 6.45) is 2.07. The first-order chi connectivity index (χ1) is 9.62. The van der Waals surface area contributed by atoms with Crippen molar-refractivity contribution in [1.82, 2.24) is 0 Å². The molecule has 1 aromatic rings. The lowest BCUT2D eigenvalue weighted by Crippen LogP contribution is -2.30. The fourth-order valence-corrected chi connectivity index (χ4v) is 2.70. The minimum absolute atomic E-state index is 0.00785. The van der Waals surface area contributed by atoms with Crippen LogP contribution in [-0.2, 0) is 20.7 Å². The first kappa shape index (κ1) is 16.2. The topological polar surface area (TPSA) is 70.4 Å². The van der Waals surface area contributed by atoms with Crippen molar-refractivity contribution in [2.45, 2.75) is 32.6 Å². The number of esters is 1. The van der Waals surface area contributed by atoms with E-state index in [0.29, 0.717) is 0 Å². The molecule has 0 atom stereocenters. The van der Waals surface area contributed by atoms with Gasteiger partial charge in [-0.1, -0.05) is 13.3 Å². The van der Waals surface area contributed by atoms with Crippen molar-refractivity contribution in [3.05, 3.63) is 17.0 Å². The van der Waals surface area contributed by atoms with E-state index in [1.807, 2.05) is 17.5 Å². The third-order valence-corrected chi connectivity index (χ3v) is 3.75. The quantitative estimate of drug-likeness (QED) is 0.572. The predicted octanol–water partition coefficient (Wildman–Crippen LogP) is 2.51. The molecule has 1 aromatic heterocycles. The zero-order chi connectivity index (χ0) is 15.0. The second kappa shape index (κ2) is 8.33. The third kappa shape index (κ3) is 4.67. The summed E-state index contributed by atoms with van der Waals surface area (Å²) in [7, 11) is 1.29. The van der Waals surface area contributed by atoms with Crippen LogP contribution < -0.4 is 4.90 Å². The number of thiophene rings is 1. The number of amides is 1. The number of ether oxygens (including phenoxy) is 1. The Bertz CT molecular complexity index is 505. The second-order valence-corrected chi connectivity index (χ2v) is 5.15. The molecule has 1 heterocycles. The first-order valence-electron chi connectivity index (χ1n) is 6.43. The van der Waals surface area contributed by atoms with Gasteiger partial charge in [-0.2, -0.15) is 5.26 Å². The van der Waals surface area contributed by atoms with Crippen molar-refractivity contribution in [2.24, 2.45) is 0 Å². The number of carbonyl (C=O) groups is 2. The van der Waals surface area contributed by atoms with E-state index in [1.165, 1.54) is 23.3 Å². The van der Waals surface area contributed by atoms with E-state index in [4.69, 9.17) is 5.26 Å². The van der Waals surface area contributed by atoms with Crippen LogP contribution in [0, 0.1) is 11.3 Å². The molecule has 0 N–H and O–H groups in total. The molecule has 108 valence electrons. The predicted molar refractivity (Wildman–Crippen MR) is 77.5 cm³/mol. The summed E-state index contributed by atoms with van der Waals surface area (Å²) in [5.41, 5.74) is 1.16. The lowest BCUT2D eigenvalue weighted by Gasteiger charge is -2.17. The third-order valence-electron chi connectivity index (χ3n) is 2.75. The number of nitrogens with zero attached hydrogens (tertiary/aromatic N) is 2. The normalized spacial score (nSPS) is 9.85. The molecule has 0 spiro atoms. The van der Waals surface area contributed by atoms with Crippen LogP contribution in [0.15, 0.2) is 11.4 Å². The van der Waals surface area contributed by atoms with Crippen molar-refractivity contribution >= 4 is 28.2 Å². The molecule has 1 rings (SSSR count). The molecule has 0 bridgehead atoms. The molecule has 0 radical (unpaired) electrons. The van der Waals surface area contributed by atoms with Crippen molar-refractivity contribution in [3.63, 3.8) is 0 Å². The van der Waals surface area contributed by atoms with Gasteiger partial charge in [0.05, 0.1) is 24.6 Å². The highest BCUT2D eigenvalue weighted by molar-refractivity contribution is 7.14. The first-order valence-corrected chi connectivity index (χ1v) is 7.31. The Kier molecular flexibility index (Phi) is 6.74. The lowest BCUT2D eigenvalue weighted by atomic mass is 10.2. The Hall–Kier alpha value is -1.87. The zero-order valence-corrected chi connectivity index (χ0v) is 12.5. The summed E-state index contributed by atoms with van der Waals surface area (Å²) < 4.78 is 4.51. The van der Waals surface area contributed by atoms with Gasteiger partial charge in [0.2, 0.25) is 5.91 Å². The van der Waals surface area contributed by atoms with Gasteiger partial charge in [-0.3, -0.25) is 14.5 Å². The molecule has 0 fully saturated rings. The summed E-state index contributed by atoms with van der Waals surface area (Å²) in [5, 5.41) is 11.6. The molecule has 0 unspecified atom stereocenters. The average molecular weight is 294 g/mol. The van der Waals surface area contributed by atoms with Crippen LogP contribution in [-0.4, -0.2) is 25.5 Å². The summed E-state index contributed by atoms with van der Waals surface area (Å²) in [6, 6.07) is 3.92. The fourth-order valence-electron chi connectivity index (χ4n) is 1.73. The average Bonchev–Trinajstić information content (AvgIpc) is 2.90. The number of anilines is 1. The second-order valence-electron chi connectivity index (χ2n) is 4.26. The highest BCUT2D eigenvalue weighted by atomic mass is 32.1. The van der Waals surface area contributed by atoms with Gasteiger partial charge in [0, 0.05) is 6.42 Å². The molecule has 0 aliphatic heterocycles. The molecule has 5 nitrogen and oxygen atoms in total. The summed E-state index contributed by atoms with van der Waals surface area (Å²) in [6.45, 7) is 2.08. The van der Waals surface area contributed by atoms with Crippen LogP contribution in [0.2, 0.25) is 0 Å². The van der Waals surface area contributed by atoms with Crippen molar-refractivity contribution in [3.8, 4) is 6.07 Å². The Labute approximate surface area is 122 Å². The number of hydrogen-bond donors (Lipinski definition) is 0. The number of rotatable bonds is 7. The van der Waals surface area contributed by atoms with E-state index in [1.54, 1.807) is 0 Å². The highest BCUT2D eigenvalue weighted by Gasteiger charge is 2.18. The van der Waals surface area contributed by atoms with Gasteiger partial charge in [0.1, 0.15) is 6.54 Å². The van der Waals surface area contributed by atoms with Crippen LogP contribution in [0.3, 0.4) is 0 Å². The monoisotopic (exact) mass is 294 g/mol. The van der Waals surface area contributed by atoms with E-state index >= 15 is 0 Å². The molecule has 0 saturated heterocycles. The summed E-state index contributed by atoms with van der Waals surface area (Å²) >= 11 is 1.44. The Balaban J connectivity index is 2.74. The molecular formula is C14H18N2O3S. The lowest BCUT2D eigenvalue weighted by molar-refractivity contribution is -0.141. The SMILES string of the molecule is CCCc1csc(N(CC#N)C(=O)CCC(=O)OC)c1. The Morgan fingerprint density at radius 1 is 1.45 bits per heavy atom. The molecule has 6 heteroatoms. The van der Waals surface area contributed by atoms with Gasteiger partial charge in [0.15, 0.2) is 0 Å². The van der Waals surface area contributed by atoms with Gasteiger partial charge in [-0.15, -0.1) is 11.3 Å². The molecule has 0 aliphatic rings. The van der Waals surface area contributed by atoms with Crippen LogP contribution in [0.25, 0.3) is 0 Å². The van der Waals surface area contributed by atoms with Gasteiger partial charge >= 0.3 is 5.97 Å². The van der Waals surface area contributed by atoms with Crippen molar-refractivity contribution in [2.75, 3.05) is 18.6 Å². The fraction of sp³-hybridized carbons (Fsp3) is 0.500. The van der Waals surface area contributed by atoms with Gasteiger partial charge < -0.3 is 4.74 Å². The number of aryl methyl sites for hydroxylation is 1. The van der Waals surface area contributed by atoms with Crippen molar-refractivity contribution in [1.29, 1.82) is 5.26 Å². The van der Waals surface area contributed by atoms with Crippen LogP contribution in [0.5, 0.6) is 0 Å². The van der Waals surface area contributed by atoms with E-state index in [9.17, 15) is 9.59 Å². The smallest absolute Gasteiger partial charge is 0.306 e. The van der Waals surface area contributed by atoms with E-state index in [0.717, 1.165) is 23.4 Å². The molecule has 0 aliphatic carbocycles. The molecular weight excluding hydrogens is 276 g/mol. The maximum Gasteiger partial charge on any atom is 0.306 e. The van der Waals surface area contributed by atoms with Gasteiger partial charge in [0.25, 0.3) is 0 Å². The highest BCUT2D eigenvalue weighted by Crippen LogP contribution is 2.26. The Morgan fingerprint density at radius 2 is 2.20 bits per heavy atom. The standard InChI is InChI=1S/C14H18N2O3S/c1-3-4-11-9-13(20-10-11)16(8-7-15)12(17)5-6-14(18)19-2/h9-10H,3-6,8H2,1-2H3. The van der Waals surface area contributed by atoms with Gasteiger partial charge in [-0.25, -0.2) is 0 Å². The van der Waals surface area contributed by atoms with E-state index < -0.39 is 5.97 Å². The number of methoxy groups -OCH3 is 1. The van der Waals surface area contributed by atoms with Crippen LogP contribution >= 0.6 is 11.3 Å². The minimum Gasteiger partial charge on any atom is -0.469 e. The summed E-state index contributed by atoms with van der Waals surface area (Å²) in [5.74, 6) is -0.657. The molecule has 0 aromatic carbocycles. The van der Waals surface area contributed by atoms with E-state index in [-0.39, 0.29) is 25.3 Å². The molecule has 1 amide bonds. The Morgan fingerprint density at radius 3 is 2.80 bits per heavy atom. The number of carbonyl (C=O) groups excluding carboxylic acids is 2. The van der Waals surface area contributed by atoms with E-state index in [2.05, 4.69) is 11.7 Å². The maximum absolute atomic E-state index is 12.1. The number of hydrogen-bond acceptors (Lipinski definition) is 5. The van der Waals surface area contributed by atoms with Crippen LogP contribution in [0.1, 0.15) is 31.7 Å². The molecule has 0 saturated carbocycles. The van der Waals surface area contributed by atoms with Gasteiger partial charge in [-0.05, 0) is 23.4 Å². The zero-order valence-electron chi connectivity index (χ0n) is 11.7. The number of nitriles is 1. The van der Waals surface area contributed by atoms with Crippen LogP contribution in [0.4, 0.5) is 5.00 Å². The van der Waals surface area contributed by atoms with Crippen molar-refractivity contribution < 1.29 is 14.3 Å². The maximum atomic E-state index is 12.1.